The molecule has 6 aliphatic rings. The Kier molecular flexibility index (Phi) is 18.9. The average molecular weight is 1240 g/mol. The van der Waals surface area contributed by atoms with Crippen LogP contribution in [0.5, 0.6) is 0 Å². The van der Waals surface area contributed by atoms with E-state index in [1.165, 1.54) is 57.3 Å². The summed E-state index contributed by atoms with van der Waals surface area (Å²) in [6.07, 6.45) is 26.4. The van der Waals surface area contributed by atoms with Crippen LogP contribution in [0, 0.1) is 23.3 Å². The van der Waals surface area contributed by atoms with Gasteiger partial charge in [0.25, 0.3) is 0 Å². The third kappa shape index (κ3) is 12.0. The SMILES string of the molecule is CCCN1/C(=C/C=C2\CCCC(/C=C/C3N(CCC)c4ccccc4C3(C)C)=C2c2cccc(F)c2F)C(C)(C)c2ccccc21.[2H]C1(/C=C/C2=C(c3cccc(F)c3F)C(=C/C=C3/N(CCC)c4ccccc4C3(C)C)/CCC2)N(CCC)c2ccccc2C1(C)C. The molecule has 0 aromatic heterocycles. The first-order valence-corrected chi connectivity index (χ1v) is 34.1. The van der Waals surface area contributed by atoms with Crippen molar-refractivity contribution in [2.45, 2.75) is 181 Å². The largest absolute Gasteiger partial charge is 0.364 e. The molecule has 0 N–H and O–H groups in total. The summed E-state index contributed by atoms with van der Waals surface area (Å²) >= 11 is 0. The summed E-state index contributed by atoms with van der Waals surface area (Å²) < 4.78 is 70.9. The summed E-state index contributed by atoms with van der Waals surface area (Å²) in [5.41, 5.74) is 17.8. The monoisotopic (exact) mass is 1240 g/mol. The van der Waals surface area contributed by atoms with Gasteiger partial charge in [-0.1, -0.05) is 217 Å². The summed E-state index contributed by atoms with van der Waals surface area (Å²) in [6, 6.07) is 42.5. The van der Waals surface area contributed by atoms with E-state index in [1.807, 2.05) is 24.3 Å². The molecular formula is C84H96F4N4. The molecule has 4 aliphatic heterocycles. The molecule has 0 fully saturated rings. The van der Waals surface area contributed by atoms with Crippen molar-refractivity contribution in [3.63, 3.8) is 0 Å². The number of hydrogen-bond donors (Lipinski definition) is 0. The predicted octanol–water partition coefficient (Wildman–Crippen LogP) is 22.1. The quantitative estimate of drug-likeness (QED) is 0.0896. The third-order valence-electron chi connectivity index (χ3n) is 20.5. The molecular weight excluding hydrogens is 1140 g/mol. The highest BCUT2D eigenvalue weighted by atomic mass is 19.2. The lowest BCUT2D eigenvalue weighted by Gasteiger charge is -2.32. The van der Waals surface area contributed by atoms with E-state index in [9.17, 15) is 10.2 Å². The highest BCUT2D eigenvalue weighted by molar-refractivity contribution is 5.86. The Morgan fingerprint density at radius 3 is 1.27 bits per heavy atom. The van der Waals surface area contributed by atoms with Gasteiger partial charge in [-0.2, -0.15) is 0 Å². The standard InChI is InChI=1S/2C42H48F2N2/c2*1-7-27-45-35-21-11-9-18-32(35)41(3,4)37(45)25-23-29-15-13-16-30(39(29)31-17-14-20-34(43)40(31)44)24-26-38-42(5,6)33-19-10-12-22-36(33)46(38)28-8-2/h2*9-12,14,17-26,37H,7-8,13,15-16,27-28H2,1-6H3/b2*25-23+,30-24+,38-26+/i37D;. The summed E-state index contributed by atoms with van der Waals surface area (Å²) in [7, 11) is 0. The Bertz CT molecular complexity index is 4050. The van der Waals surface area contributed by atoms with E-state index in [1.54, 1.807) is 24.3 Å². The third-order valence-corrected chi connectivity index (χ3v) is 20.5. The minimum Gasteiger partial charge on any atom is -0.364 e. The van der Waals surface area contributed by atoms with Gasteiger partial charge in [0, 0.05) is 93.1 Å². The van der Waals surface area contributed by atoms with Gasteiger partial charge in [0.15, 0.2) is 23.3 Å². The molecule has 480 valence electrons. The molecule has 4 heterocycles. The van der Waals surface area contributed by atoms with E-state index in [0.29, 0.717) is 5.56 Å². The normalized spacial score (nSPS) is 22.9. The molecule has 0 radical (unpaired) electrons. The summed E-state index contributed by atoms with van der Waals surface area (Å²) in [4.78, 5) is 9.56. The lowest BCUT2D eigenvalue weighted by Crippen LogP contribution is -2.40. The lowest BCUT2D eigenvalue weighted by atomic mass is 9.78. The second kappa shape index (κ2) is 27.0. The first-order valence-electron chi connectivity index (χ1n) is 34.6. The van der Waals surface area contributed by atoms with Crippen LogP contribution in [0.4, 0.5) is 40.3 Å². The molecule has 0 bridgehead atoms. The first kappa shape index (κ1) is 64.3. The van der Waals surface area contributed by atoms with Crippen molar-refractivity contribution in [1.82, 2.24) is 0 Å². The number of hydrogen-bond acceptors (Lipinski definition) is 4. The maximum atomic E-state index is 15.7. The van der Waals surface area contributed by atoms with Gasteiger partial charge in [-0.25, -0.2) is 17.6 Å². The van der Waals surface area contributed by atoms with Gasteiger partial charge in [0.05, 0.1) is 13.4 Å². The van der Waals surface area contributed by atoms with E-state index in [2.05, 4.69) is 224 Å². The zero-order chi connectivity index (χ0) is 66.2. The number of nitrogens with zero attached hydrogens (tertiary/aromatic N) is 4. The number of anilines is 4. The zero-order valence-electron chi connectivity index (χ0n) is 57.6. The fraction of sp³-hybridized carbons (Fsp3) is 0.381. The number of allylic oxidation sites excluding steroid dienone is 14. The van der Waals surface area contributed by atoms with E-state index < -0.39 is 34.7 Å². The van der Waals surface area contributed by atoms with Crippen LogP contribution < -0.4 is 19.6 Å². The molecule has 2 unspecified atom stereocenters. The summed E-state index contributed by atoms with van der Waals surface area (Å²) in [6.45, 7) is 30.3. The molecule has 2 atom stereocenters. The van der Waals surface area contributed by atoms with Crippen LogP contribution in [0.25, 0.3) is 11.1 Å². The molecule has 12 rings (SSSR count). The highest BCUT2D eigenvalue weighted by Gasteiger charge is 2.45. The van der Waals surface area contributed by atoms with Crippen LogP contribution >= 0.6 is 0 Å². The molecule has 0 saturated heterocycles. The van der Waals surface area contributed by atoms with Crippen LogP contribution in [0.3, 0.4) is 0 Å². The molecule has 92 heavy (non-hydrogen) atoms. The van der Waals surface area contributed by atoms with Gasteiger partial charge >= 0.3 is 0 Å². The first-order chi connectivity index (χ1) is 44.6. The average Bonchev–Trinajstić information content (AvgIpc) is 1.57. The molecule has 8 heteroatoms. The number of benzene rings is 6. The van der Waals surface area contributed by atoms with Gasteiger partial charge in [0.2, 0.25) is 0 Å². The molecule has 0 saturated carbocycles. The molecule has 6 aromatic rings. The topological polar surface area (TPSA) is 13.0 Å². The predicted molar refractivity (Wildman–Crippen MR) is 381 cm³/mol. The second-order valence-electron chi connectivity index (χ2n) is 28.0. The molecule has 2 aliphatic carbocycles. The van der Waals surface area contributed by atoms with E-state index in [0.717, 1.165) is 135 Å². The Morgan fingerprint density at radius 2 is 0.815 bits per heavy atom. The minimum absolute atomic E-state index is 0.0867. The maximum absolute atomic E-state index is 15.7. The number of rotatable bonds is 16. The van der Waals surface area contributed by atoms with Crippen LogP contribution in [-0.4, -0.2) is 38.2 Å². The van der Waals surface area contributed by atoms with Crippen molar-refractivity contribution in [3.05, 3.63) is 272 Å². The Balaban J connectivity index is 0.000000190. The number of fused-ring (bicyclic) bond motifs is 4. The highest BCUT2D eigenvalue weighted by Crippen LogP contribution is 2.52. The van der Waals surface area contributed by atoms with Gasteiger partial charge in [-0.3, -0.25) is 0 Å². The van der Waals surface area contributed by atoms with Crippen LogP contribution in [0.2, 0.25) is 0 Å². The van der Waals surface area contributed by atoms with E-state index in [4.69, 9.17) is 0 Å². The Hall–Kier alpha value is -7.84. The maximum Gasteiger partial charge on any atom is 0.166 e. The van der Waals surface area contributed by atoms with E-state index >= 15 is 8.78 Å². The Morgan fingerprint density at radius 1 is 0.424 bits per heavy atom. The van der Waals surface area contributed by atoms with Crippen LogP contribution in [0.1, 0.15) is 182 Å². The number of halogens is 4. The van der Waals surface area contributed by atoms with Gasteiger partial charge < -0.3 is 19.6 Å². The van der Waals surface area contributed by atoms with Crippen LogP contribution in [0.15, 0.2) is 216 Å². The van der Waals surface area contributed by atoms with Crippen molar-refractivity contribution in [2.75, 3.05) is 45.8 Å². The summed E-state index contributed by atoms with van der Waals surface area (Å²) in [5.74, 6) is -3.25. The van der Waals surface area contributed by atoms with Gasteiger partial charge in [-0.15, -0.1) is 0 Å². The van der Waals surface area contributed by atoms with Crippen molar-refractivity contribution >= 4 is 33.9 Å². The second-order valence-corrected chi connectivity index (χ2v) is 28.0. The fourth-order valence-electron chi connectivity index (χ4n) is 16.0. The molecule has 0 spiro atoms. The van der Waals surface area contributed by atoms with Crippen molar-refractivity contribution in [2.24, 2.45) is 0 Å². The number of para-hydroxylation sites is 4. The van der Waals surface area contributed by atoms with Crippen molar-refractivity contribution < 1.29 is 18.9 Å². The lowest BCUT2D eigenvalue weighted by molar-refractivity contribution is 0.473. The van der Waals surface area contributed by atoms with Gasteiger partial charge in [0.1, 0.15) is 0 Å². The van der Waals surface area contributed by atoms with Crippen LogP contribution in [-0.2, 0) is 21.7 Å². The van der Waals surface area contributed by atoms with Crippen molar-refractivity contribution in [3.8, 4) is 0 Å². The molecule has 4 nitrogen and oxygen atoms in total. The van der Waals surface area contributed by atoms with E-state index in [-0.39, 0.29) is 27.9 Å². The van der Waals surface area contributed by atoms with Gasteiger partial charge in [-0.05, 0) is 168 Å². The summed E-state index contributed by atoms with van der Waals surface area (Å²) in [5, 5.41) is 0. The zero-order valence-corrected chi connectivity index (χ0v) is 56.6. The molecule has 0 amide bonds. The molecule has 6 aromatic carbocycles. The van der Waals surface area contributed by atoms with Crippen molar-refractivity contribution in [1.29, 1.82) is 0 Å². The fourth-order valence-corrected chi connectivity index (χ4v) is 16.0. The minimum atomic E-state index is -1.05. The Labute approximate surface area is 549 Å². The smallest absolute Gasteiger partial charge is 0.166 e.